The standard InChI is InChI=1S/C13H13ClN2O4S/c1-2-20-13(17)11-5-3-10(4-6-11)9-16-8-7-12(15-16)21(14,18)19/h3-8H,2,9H2,1H3. The molecule has 0 atom stereocenters. The summed E-state index contributed by atoms with van der Waals surface area (Å²) in [6.45, 7) is 2.44. The van der Waals surface area contributed by atoms with Crippen LogP contribution in [0.1, 0.15) is 22.8 Å². The fourth-order valence-corrected chi connectivity index (χ4v) is 2.38. The van der Waals surface area contributed by atoms with Gasteiger partial charge in [-0.25, -0.2) is 13.2 Å². The van der Waals surface area contributed by atoms with E-state index in [0.29, 0.717) is 18.7 Å². The maximum Gasteiger partial charge on any atom is 0.338 e. The Kier molecular flexibility index (Phi) is 4.64. The predicted octanol–water partition coefficient (Wildman–Crippen LogP) is 2.04. The Morgan fingerprint density at radius 2 is 1.95 bits per heavy atom. The van der Waals surface area contributed by atoms with Crippen molar-refractivity contribution in [2.24, 2.45) is 0 Å². The highest BCUT2D eigenvalue weighted by Gasteiger charge is 2.13. The van der Waals surface area contributed by atoms with Crippen LogP contribution in [0.15, 0.2) is 41.6 Å². The molecule has 0 bridgehead atoms. The summed E-state index contributed by atoms with van der Waals surface area (Å²) < 4.78 is 28.6. The lowest BCUT2D eigenvalue weighted by atomic mass is 10.1. The molecule has 0 amide bonds. The first kappa shape index (κ1) is 15.5. The van der Waals surface area contributed by atoms with E-state index in [2.05, 4.69) is 5.10 Å². The molecule has 0 aliphatic carbocycles. The molecule has 0 unspecified atom stereocenters. The van der Waals surface area contributed by atoms with Gasteiger partial charge in [-0.2, -0.15) is 5.10 Å². The van der Waals surface area contributed by atoms with Crippen molar-refractivity contribution in [2.75, 3.05) is 6.61 Å². The summed E-state index contributed by atoms with van der Waals surface area (Å²) in [6, 6.07) is 8.13. The van der Waals surface area contributed by atoms with Gasteiger partial charge in [0.2, 0.25) is 0 Å². The molecule has 6 nitrogen and oxygen atoms in total. The van der Waals surface area contributed by atoms with Crippen LogP contribution in [0.3, 0.4) is 0 Å². The number of nitrogens with zero attached hydrogens (tertiary/aromatic N) is 2. The van der Waals surface area contributed by atoms with E-state index in [4.69, 9.17) is 15.4 Å². The highest BCUT2D eigenvalue weighted by Crippen LogP contribution is 2.13. The van der Waals surface area contributed by atoms with Gasteiger partial charge in [-0.3, -0.25) is 4.68 Å². The van der Waals surface area contributed by atoms with Crippen LogP contribution in [0.2, 0.25) is 0 Å². The minimum absolute atomic E-state index is 0.188. The lowest BCUT2D eigenvalue weighted by Crippen LogP contribution is -2.06. The van der Waals surface area contributed by atoms with Crippen LogP contribution in [0.4, 0.5) is 0 Å². The van der Waals surface area contributed by atoms with Crippen LogP contribution >= 0.6 is 10.7 Å². The molecular weight excluding hydrogens is 316 g/mol. The van der Waals surface area contributed by atoms with Crippen LogP contribution in [-0.4, -0.2) is 30.8 Å². The fourth-order valence-electron chi connectivity index (χ4n) is 1.71. The van der Waals surface area contributed by atoms with Gasteiger partial charge in [-0.1, -0.05) is 12.1 Å². The van der Waals surface area contributed by atoms with E-state index in [-0.39, 0.29) is 11.0 Å². The van der Waals surface area contributed by atoms with Gasteiger partial charge >= 0.3 is 5.97 Å². The molecule has 21 heavy (non-hydrogen) atoms. The SMILES string of the molecule is CCOC(=O)c1ccc(Cn2ccc(S(=O)(=O)Cl)n2)cc1. The number of carbonyl (C=O) groups is 1. The van der Waals surface area contributed by atoms with Crippen molar-refractivity contribution in [3.63, 3.8) is 0 Å². The third-order valence-electron chi connectivity index (χ3n) is 2.68. The molecule has 0 saturated heterocycles. The van der Waals surface area contributed by atoms with Crippen LogP contribution in [0, 0.1) is 0 Å². The number of hydrogen-bond acceptors (Lipinski definition) is 5. The molecule has 112 valence electrons. The Bertz CT molecular complexity index is 738. The van der Waals surface area contributed by atoms with Crippen LogP contribution in [0.5, 0.6) is 0 Å². The maximum absolute atomic E-state index is 11.5. The van der Waals surface area contributed by atoms with Crippen molar-refractivity contribution in [1.82, 2.24) is 9.78 Å². The summed E-state index contributed by atoms with van der Waals surface area (Å²) in [5.74, 6) is -0.376. The first-order valence-corrected chi connectivity index (χ1v) is 8.45. The number of esters is 1. The van der Waals surface area contributed by atoms with E-state index >= 15 is 0 Å². The minimum atomic E-state index is -3.82. The zero-order valence-corrected chi connectivity index (χ0v) is 12.8. The summed E-state index contributed by atoms with van der Waals surface area (Å²) >= 11 is 0. The topological polar surface area (TPSA) is 78.3 Å². The average Bonchev–Trinajstić information content (AvgIpc) is 2.88. The van der Waals surface area contributed by atoms with E-state index in [1.807, 2.05) is 0 Å². The number of benzene rings is 1. The maximum atomic E-state index is 11.5. The summed E-state index contributed by atoms with van der Waals surface area (Å²) in [4.78, 5) is 11.5. The number of aromatic nitrogens is 2. The van der Waals surface area contributed by atoms with E-state index in [9.17, 15) is 13.2 Å². The Hall–Kier alpha value is -1.86. The van der Waals surface area contributed by atoms with Gasteiger partial charge in [0, 0.05) is 16.9 Å². The lowest BCUT2D eigenvalue weighted by Gasteiger charge is -2.04. The molecule has 1 aromatic carbocycles. The smallest absolute Gasteiger partial charge is 0.338 e. The molecule has 0 radical (unpaired) electrons. The quantitative estimate of drug-likeness (QED) is 0.620. The zero-order valence-electron chi connectivity index (χ0n) is 11.2. The molecule has 0 aliphatic rings. The van der Waals surface area contributed by atoms with Crippen LogP contribution in [0.25, 0.3) is 0 Å². The van der Waals surface area contributed by atoms with E-state index < -0.39 is 9.05 Å². The molecule has 0 saturated carbocycles. The van der Waals surface area contributed by atoms with Gasteiger partial charge in [-0.05, 0) is 30.7 Å². The fraction of sp³-hybridized carbons (Fsp3) is 0.231. The Morgan fingerprint density at radius 3 is 2.48 bits per heavy atom. The monoisotopic (exact) mass is 328 g/mol. The van der Waals surface area contributed by atoms with Gasteiger partial charge in [-0.15, -0.1) is 0 Å². The van der Waals surface area contributed by atoms with Crippen molar-refractivity contribution in [2.45, 2.75) is 18.5 Å². The van der Waals surface area contributed by atoms with Crippen LogP contribution < -0.4 is 0 Å². The van der Waals surface area contributed by atoms with Gasteiger partial charge in [0.25, 0.3) is 9.05 Å². The minimum Gasteiger partial charge on any atom is -0.462 e. The molecule has 1 heterocycles. The molecule has 0 N–H and O–H groups in total. The van der Waals surface area contributed by atoms with Gasteiger partial charge in [0.15, 0.2) is 5.03 Å². The first-order chi connectivity index (χ1) is 9.90. The zero-order chi connectivity index (χ0) is 15.5. The average molecular weight is 329 g/mol. The normalized spacial score (nSPS) is 11.3. The predicted molar refractivity (Wildman–Crippen MR) is 76.8 cm³/mol. The second kappa shape index (κ2) is 6.28. The highest BCUT2D eigenvalue weighted by atomic mass is 35.7. The van der Waals surface area contributed by atoms with E-state index in [1.165, 1.54) is 16.9 Å². The molecule has 0 spiro atoms. The molecule has 2 aromatic rings. The summed E-state index contributed by atoms with van der Waals surface area (Å²) in [5, 5.41) is 3.68. The van der Waals surface area contributed by atoms with Gasteiger partial charge < -0.3 is 4.74 Å². The summed E-state index contributed by atoms with van der Waals surface area (Å²) in [5.41, 5.74) is 1.33. The van der Waals surface area contributed by atoms with Gasteiger partial charge in [0.1, 0.15) is 0 Å². The lowest BCUT2D eigenvalue weighted by molar-refractivity contribution is 0.0526. The molecule has 1 aromatic heterocycles. The second-order valence-electron chi connectivity index (χ2n) is 4.21. The van der Waals surface area contributed by atoms with E-state index in [1.54, 1.807) is 31.2 Å². The summed E-state index contributed by atoms with van der Waals surface area (Å²) in [6.07, 6.45) is 1.52. The second-order valence-corrected chi connectivity index (χ2v) is 6.72. The number of carbonyl (C=O) groups excluding carboxylic acids is 1. The third kappa shape index (κ3) is 4.05. The molecule has 0 aliphatic heterocycles. The molecule has 2 rings (SSSR count). The Labute approximate surface area is 126 Å². The van der Waals surface area contributed by atoms with Crippen molar-refractivity contribution in [3.8, 4) is 0 Å². The third-order valence-corrected chi connectivity index (χ3v) is 3.87. The van der Waals surface area contributed by atoms with Gasteiger partial charge in [0.05, 0.1) is 18.7 Å². The highest BCUT2D eigenvalue weighted by molar-refractivity contribution is 8.13. The molecule has 8 heteroatoms. The number of ether oxygens (including phenoxy) is 1. The molecule has 0 fully saturated rings. The number of hydrogen-bond donors (Lipinski definition) is 0. The van der Waals surface area contributed by atoms with Crippen molar-refractivity contribution < 1.29 is 17.9 Å². The Morgan fingerprint density at radius 1 is 1.29 bits per heavy atom. The first-order valence-electron chi connectivity index (χ1n) is 6.14. The van der Waals surface area contributed by atoms with Crippen LogP contribution in [-0.2, 0) is 20.3 Å². The van der Waals surface area contributed by atoms with Crippen molar-refractivity contribution in [3.05, 3.63) is 47.7 Å². The largest absolute Gasteiger partial charge is 0.462 e. The van der Waals surface area contributed by atoms with E-state index in [0.717, 1.165) is 5.56 Å². The van der Waals surface area contributed by atoms with Crippen molar-refractivity contribution >= 4 is 25.7 Å². The number of halogens is 1. The molecular formula is C13H13ClN2O4S. The van der Waals surface area contributed by atoms with Crippen molar-refractivity contribution in [1.29, 1.82) is 0 Å². The summed E-state index contributed by atoms with van der Waals surface area (Å²) in [7, 11) is 1.39. The number of rotatable bonds is 5. The Balaban J connectivity index is 2.10.